The molecule has 3 aromatic rings. The molecule has 2 heterocycles. The van der Waals surface area contributed by atoms with E-state index in [-0.39, 0.29) is 11.3 Å². The number of aromatic carboxylic acids is 1. The number of carboxylic acid groups (broad SMARTS) is 1. The molecule has 3 rings (SSSR count). The Kier molecular flexibility index (Phi) is 4.29. The van der Waals surface area contributed by atoms with Gasteiger partial charge in [0.25, 0.3) is 5.56 Å². The second-order valence-electron chi connectivity index (χ2n) is 5.23. The first-order valence-electron chi connectivity index (χ1n) is 7.24. The highest BCUT2D eigenvalue weighted by Crippen LogP contribution is 2.28. The van der Waals surface area contributed by atoms with Gasteiger partial charge in [-0.25, -0.2) is 4.79 Å². The molecule has 9 heteroatoms. The van der Waals surface area contributed by atoms with Gasteiger partial charge in [-0.15, -0.1) is 0 Å². The lowest BCUT2D eigenvalue weighted by Crippen LogP contribution is -2.27. The Labute approximate surface area is 144 Å². The van der Waals surface area contributed by atoms with Gasteiger partial charge in [0.1, 0.15) is 11.3 Å². The Bertz CT molecular complexity index is 1010. The molecule has 0 aliphatic carbocycles. The highest BCUT2D eigenvalue weighted by Gasteiger charge is 2.32. The van der Waals surface area contributed by atoms with Crippen molar-refractivity contribution in [3.63, 3.8) is 0 Å². The molecule has 0 radical (unpaired) electrons. The van der Waals surface area contributed by atoms with Gasteiger partial charge in [-0.1, -0.05) is 18.2 Å². The molecule has 26 heavy (non-hydrogen) atoms. The minimum Gasteiger partial charge on any atom is -0.477 e. The van der Waals surface area contributed by atoms with Crippen LogP contribution in [0.15, 0.2) is 59.5 Å². The number of halogens is 3. The number of para-hydroxylation sites is 1. The maximum Gasteiger partial charge on any atom is 0.433 e. The molecule has 0 aliphatic rings. The lowest BCUT2D eigenvalue weighted by atomic mass is 10.1. The topological polar surface area (TPSA) is 85.1 Å². The summed E-state index contributed by atoms with van der Waals surface area (Å²) < 4.78 is 38.8. The molecule has 0 atom stereocenters. The Morgan fingerprint density at radius 2 is 1.77 bits per heavy atom. The van der Waals surface area contributed by atoms with Crippen molar-refractivity contribution in [2.75, 3.05) is 0 Å². The van der Waals surface area contributed by atoms with Gasteiger partial charge in [0, 0.05) is 11.8 Å². The minimum absolute atomic E-state index is 0.00655. The first kappa shape index (κ1) is 17.3. The molecule has 6 nitrogen and oxygen atoms in total. The number of carboxylic acids is 1. The lowest BCUT2D eigenvalue weighted by Gasteiger charge is -2.10. The number of pyridine rings is 1. The third-order valence-corrected chi connectivity index (χ3v) is 3.49. The van der Waals surface area contributed by atoms with E-state index in [1.807, 2.05) is 0 Å². The number of alkyl halides is 3. The number of rotatable bonds is 3. The van der Waals surface area contributed by atoms with Crippen molar-refractivity contribution >= 4 is 5.97 Å². The van der Waals surface area contributed by atoms with E-state index in [1.54, 1.807) is 30.3 Å². The van der Waals surface area contributed by atoms with Crippen molar-refractivity contribution < 1.29 is 23.1 Å². The summed E-state index contributed by atoms with van der Waals surface area (Å²) in [5, 5.41) is 13.3. The maximum absolute atomic E-state index is 12.6. The summed E-state index contributed by atoms with van der Waals surface area (Å²) in [4.78, 5) is 27.0. The first-order valence-corrected chi connectivity index (χ1v) is 7.24. The molecule has 0 saturated carbocycles. The van der Waals surface area contributed by atoms with Crippen LogP contribution >= 0.6 is 0 Å². The number of hydrogen-bond donors (Lipinski definition) is 1. The number of hydrogen-bond acceptors (Lipinski definition) is 4. The lowest BCUT2D eigenvalue weighted by molar-refractivity contribution is -0.141. The van der Waals surface area contributed by atoms with E-state index in [9.17, 15) is 27.9 Å². The smallest absolute Gasteiger partial charge is 0.433 e. The van der Waals surface area contributed by atoms with Gasteiger partial charge < -0.3 is 5.11 Å². The highest BCUT2D eigenvalue weighted by atomic mass is 19.4. The Balaban J connectivity index is 2.18. The average molecular weight is 361 g/mol. The SMILES string of the molecule is O=C(O)c1cc(-c2ccc(C(F)(F)F)nc2)nn(-c2ccccc2)c1=O. The molecule has 0 bridgehead atoms. The number of nitrogens with zero attached hydrogens (tertiary/aromatic N) is 3. The first-order chi connectivity index (χ1) is 12.3. The summed E-state index contributed by atoms with van der Waals surface area (Å²) in [7, 11) is 0. The molecule has 1 N–H and O–H groups in total. The van der Waals surface area contributed by atoms with Crippen LogP contribution in [0.1, 0.15) is 16.1 Å². The quantitative estimate of drug-likeness (QED) is 0.775. The second kappa shape index (κ2) is 6.43. The van der Waals surface area contributed by atoms with Gasteiger partial charge in [-0.3, -0.25) is 9.78 Å². The summed E-state index contributed by atoms with van der Waals surface area (Å²) in [6.45, 7) is 0. The van der Waals surface area contributed by atoms with E-state index in [1.165, 1.54) is 0 Å². The van der Waals surface area contributed by atoms with Crippen LogP contribution in [0.5, 0.6) is 0 Å². The van der Waals surface area contributed by atoms with E-state index in [4.69, 9.17) is 0 Å². The van der Waals surface area contributed by atoms with Gasteiger partial charge >= 0.3 is 12.1 Å². The Morgan fingerprint density at radius 3 is 2.31 bits per heavy atom. The van der Waals surface area contributed by atoms with Crippen molar-refractivity contribution in [1.29, 1.82) is 0 Å². The zero-order valence-corrected chi connectivity index (χ0v) is 12.9. The zero-order chi connectivity index (χ0) is 18.9. The van der Waals surface area contributed by atoms with E-state index >= 15 is 0 Å². The molecule has 0 amide bonds. The monoisotopic (exact) mass is 361 g/mol. The van der Waals surface area contributed by atoms with Crippen molar-refractivity contribution in [2.45, 2.75) is 6.18 Å². The van der Waals surface area contributed by atoms with Crippen LogP contribution in [0.2, 0.25) is 0 Å². The summed E-state index contributed by atoms with van der Waals surface area (Å²) in [5.41, 5.74) is -2.03. The molecule has 2 aromatic heterocycles. The fourth-order valence-electron chi connectivity index (χ4n) is 2.25. The predicted octanol–water partition coefficient (Wildman–Crippen LogP) is 3.01. The third-order valence-electron chi connectivity index (χ3n) is 3.49. The molecular formula is C17H10F3N3O3. The van der Waals surface area contributed by atoms with E-state index < -0.39 is 29.0 Å². The van der Waals surface area contributed by atoms with Gasteiger partial charge in [0.05, 0.1) is 11.4 Å². The molecular weight excluding hydrogens is 351 g/mol. The van der Waals surface area contributed by atoms with E-state index in [0.717, 1.165) is 29.1 Å². The third kappa shape index (κ3) is 3.32. The molecule has 132 valence electrons. The number of aromatic nitrogens is 3. The van der Waals surface area contributed by atoms with Gasteiger partial charge in [-0.05, 0) is 30.3 Å². The molecule has 0 fully saturated rings. The van der Waals surface area contributed by atoms with Crippen LogP contribution < -0.4 is 5.56 Å². The van der Waals surface area contributed by atoms with Crippen LogP contribution in [0.25, 0.3) is 16.9 Å². The van der Waals surface area contributed by atoms with Crippen LogP contribution in [0.4, 0.5) is 13.2 Å². The van der Waals surface area contributed by atoms with Crippen LogP contribution in [0, 0.1) is 0 Å². The summed E-state index contributed by atoms with van der Waals surface area (Å²) in [6.07, 6.45) is -3.67. The van der Waals surface area contributed by atoms with Gasteiger partial charge in [0.15, 0.2) is 0 Å². The Morgan fingerprint density at radius 1 is 1.08 bits per heavy atom. The standard InChI is InChI=1S/C17H10F3N3O3/c18-17(19,20)14-7-6-10(9-21-14)13-8-12(16(25)26)15(24)23(22-13)11-4-2-1-3-5-11/h1-9H,(H,25,26). The zero-order valence-electron chi connectivity index (χ0n) is 12.9. The molecule has 0 saturated heterocycles. The largest absolute Gasteiger partial charge is 0.477 e. The minimum atomic E-state index is -4.60. The van der Waals surface area contributed by atoms with Crippen LogP contribution in [-0.2, 0) is 6.18 Å². The Hall–Kier alpha value is -3.49. The summed E-state index contributed by atoms with van der Waals surface area (Å²) in [5.74, 6) is -1.47. The summed E-state index contributed by atoms with van der Waals surface area (Å²) in [6, 6.07) is 11.0. The number of carbonyl (C=O) groups is 1. The molecule has 0 spiro atoms. The fourth-order valence-corrected chi connectivity index (χ4v) is 2.25. The van der Waals surface area contributed by atoms with Crippen molar-refractivity contribution in [3.8, 4) is 16.9 Å². The van der Waals surface area contributed by atoms with Crippen LogP contribution in [-0.4, -0.2) is 25.8 Å². The van der Waals surface area contributed by atoms with Crippen molar-refractivity contribution in [3.05, 3.63) is 76.3 Å². The maximum atomic E-state index is 12.6. The van der Waals surface area contributed by atoms with E-state index in [2.05, 4.69) is 10.1 Å². The fraction of sp³-hybridized carbons (Fsp3) is 0.0588. The molecule has 0 unspecified atom stereocenters. The predicted molar refractivity (Wildman–Crippen MR) is 85.0 cm³/mol. The average Bonchev–Trinajstić information content (AvgIpc) is 2.62. The molecule has 0 aliphatic heterocycles. The van der Waals surface area contributed by atoms with Crippen molar-refractivity contribution in [2.24, 2.45) is 0 Å². The van der Waals surface area contributed by atoms with Gasteiger partial charge in [0.2, 0.25) is 0 Å². The van der Waals surface area contributed by atoms with Gasteiger partial charge in [-0.2, -0.15) is 23.0 Å². The summed E-state index contributed by atoms with van der Waals surface area (Å²) >= 11 is 0. The van der Waals surface area contributed by atoms with E-state index in [0.29, 0.717) is 5.69 Å². The number of benzene rings is 1. The normalized spacial score (nSPS) is 11.3. The molecule has 1 aromatic carbocycles. The highest BCUT2D eigenvalue weighted by molar-refractivity contribution is 5.88. The second-order valence-corrected chi connectivity index (χ2v) is 5.23. The van der Waals surface area contributed by atoms with Crippen LogP contribution in [0.3, 0.4) is 0 Å². The van der Waals surface area contributed by atoms with Crippen molar-refractivity contribution in [1.82, 2.24) is 14.8 Å².